The van der Waals surface area contributed by atoms with Crippen molar-refractivity contribution < 1.29 is 33.6 Å². The van der Waals surface area contributed by atoms with Crippen LogP contribution in [0.5, 0.6) is 5.75 Å². The van der Waals surface area contributed by atoms with E-state index in [2.05, 4.69) is 51.6 Å². The van der Waals surface area contributed by atoms with E-state index in [-0.39, 0.29) is 43.2 Å². The molecule has 0 fully saturated rings. The summed E-state index contributed by atoms with van der Waals surface area (Å²) >= 11 is 0. The lowest BCUT2D eigenvalue weighted by atomic mass is 9.88. The third-order valence-corrected chi connectivity index (χ3v) is 8.65. The highest BCUT2D eigenvalue weighted by molar-refractivity contribution is 5.79. The minimum atomic E-state index is -0.794. The third kappa shape index (κ3) is 14.0. The summed E-state index contributed by atoms with van der Waals surface area (Å²) < 4.78 is 23.1. The highest BCUT2D eigenvalue weighted by atomic mass is 16.5. The standard InChI is InChI=1S/C39H56O7/c1-9-21-44-39(42)31(7)38(46-25-32-15-19-36(43-8)20-16-32)29(5)13-17-34(40)23-35(41)24-37(18-11-27(3)10-2)45-26-33-14-12-28(4)30(6)22-33/h9-10,12,14-16,19-20,22,29,31,34,37-38,40H,1,11,13,17-18,21,23-26H2,2-8H3/b27-10+/t29-,31+,34+,37+,38+/m1/s1. The lowest BCUT2D eigenvalue weighted by molar-refractivity contribution is -0.155. The van der Waals surface area contributed by atoms with E-state index in [1.165, 1.54) is 22.8 Å². The SMILES string of the molecule is C=CCOC(=O)[C@@H](C)[C@@H](OCc1ccc(OC)cc1)[C@H](C)CC[C@H](O)CC(=O)C[C@H](CC/C(C)=C/C)OCc1ccc(C)c(C)c1. The summed E-state index contributed by atoms with van der Waals surface area (Å²) in [6.45, 7) is 16.6. The molecule has 0 amide bonds. The number of hydrogen-bond donors (Lipinski definition) is 1. The Morgan fingerprint density at radius 1 is 0.913 bits per heavy atom. The molecule has 1 N–H and O–H groups in total. The van der Waals surface area contributed by atoms with Gasteiger partial charge in [0.05, 0.1) is 44.6 Å². The van der Waals surface area contributed by atoms with Crippen LogP contribution in [0.4, 0.5) is 0 Å². The maximum atomic E-state index is 13.1. The molecule has 2 aromatic rings. The molecule has 7 nitrogen and oxygen atoms in total. The first-order valence-corrected chi connectivity index (χ1v) is 16.5. The van der Waals surface area contributed by atoms with Gasteiger partial charge in [0.1, 0.15) is 18.1 Å². The zero-order valence-corrected chi connectivity index (χ0v) is 29.1. The van der Waals surface area contributed by atoms with Crippen LogP contribution in [-0.4, -0.2) is 48.9 Å². The number of aliphatic hydroxyl groups excluding tert-OH is 1. The van der Waals surface area contributed by atoms with Crippen molar-refractivity contribution >= 4 is 11.8 Å². The summed E-state index contributed by atoms with van der Waals surface area (Å²) in [5, 5.41) is 10.9. The van der Waals surface area contributed by atoms with E-state index < -0.39 is 18.1 Å². The number of Topliss-reactive ketones (excluding diaryl/α,β-unsaturated/α-hetero) is 1. The molecule has 0 saturated carbocycles. The first kappa shape index (κ1) is 38.9. The van der Waals surface area contributed by atoms with Crippen molar-refractivity contribution in [1.82, 2.24) is 0 Å². The molecule has 0 radical (unpaired) electrons. The summed E-state index contributed by atoms with van der Waals surface area (Å²) in [5.74, 6) is -0.222. The number of benzene rings is 2. The Balaban J connectivity index is 1.98. The summed E-state index contributed by atoms with van der Waals surface area (Å²) in [4.78, 5) is 25.9. The van der Waals surface area contributed by atoms with Gasteiger partial charge in [0.25, 0.3) is 0 Å². The van der Waals surface area contributed by atoms with E-state index >= 15 is 0 Å². The molecule has 254 valence electrons. The van der Waals surface area contributed by atoms with Crippen LogP contribution in [0.15, 0.2) is 66.8 Å². The molecular weight excluding hydrogens is 580 g/mol. The summed E-state index contributed by atoms with van der Waals surface area (Å²) in [6.07, 6.45) is 5.06. The van der Waals surface area contributed by atoms with E-state index in [4.69, 9.17) is 18.9 Å². The molecule has 0 aliphatic carbocycles. The zero-order valence-electron chi connectivity index (χ0n) is 29.1. The second kappa shape index (κ2) is 20.8. The first-order valence-electron chi connectivity index (χ1n) is 16.5. The van der Waals surface area contributed by atoms with Crippen molar-refractivity contribution in [2.24, 2.45) is 11.8 Å². The quantitative estimate of drug-likeness (QED) is 0.103. The molecule has 46 heavy (non-hydrogen) atoms. The van der Waals surface area contributed by atoms with Crippen molar-refractivity contribution in [1.29, 1.82) is 0 Å². The summed E-state index contributed by atoms with van der Waals surface area (Å²) in [7, 11) is 1.62. The Hall–Kier alpha value is -3.26. The molecule has 0 heterocycles. The predicted octanol–water partition coefficient (Wildman–Crippen LogP) is 8.02. The van der Waals surface area contributed by atoms with Gasteiger partial charge in [-0.15, -0.1) is 0 Å². The van der Waals surface area contributed by atoms with Gasteiger partial charge in [0.2, 0.25) is 0 Å². The molecule has 5 atom stereocenters. The third-order valence-electron chi connectivity index (χ3n) is 8.65. The second-order valence-electron chi connectivity index (χ2n) is 12.5. The Kier molecular flexibility index (Phi) is 17.6. The van der Waals surface area contributed by atoms with Crippen LogP contribution in [0.25, 0.3) is 0 Å². The maximum Gasteiger partial charge on any atom is 0.311 e. The van der Waals surface area contributed by atoms with E-state index in [1.807, 2.05) is 38.1 Å². The van der Waals surface area contributed by atoms with Gasteiger partial charge in [-0.25, -0.2) is 0 Å². The van der Waals surface area contributed by atoms with Crippen molar-refractivity contribution in [2.75, 3.05) is 13.7 Å². The highest BCUT2D eigenvalue weighted by Gasteiger charge is 2.31. The number of allylic oxidation sites excluding steroid dienone is 2. The molecule has 0 bridgehead atoms. The smallest absolute Gasteiger partial charge is 0.311 e. The Labute approximate surface area is 277 Å². The fourth-order valence-corrected chi connectivity index (χ4v) is 5.33. The molecule has 0 aromatic heterocycles. The minimum Gasteiger partial charge on any atom is -0.497 e. The molecule has 0 saturated heterocycles. The van der Waals surface area contributed by atoms with Crippen molar-refractivity contribution in [2.45, 2.75) is 112 Å². The van der Waals surface area contributed by atoms with Gasteiger partial charge in [0, 0.05) is 12.8 Å². The molecule has 2 aromatic carbocycles. The van der Waals surface area contributed by atoms with Crippen LogP contribution in [-0.2, 0) is 37.0 Å². The van der Waals surface area contributed by atoms with Gasteiger partial charge in [-0.05, 0) is 101 Å². The highest BCUT2D eigenvalue weighted by Crippen LogP contribution is 2.26. The number of esters is 1. The van der Waals surface area contributed by atoms with Crippen LogP contribution in [0, 0.1) is 25.7 Å². The van der Waals surface area contributed by atoms with Gasteiger partial charge >= 0.3 is 5.97 Å². The van der Waals surface area contributed by atoms with Crippen LogP contribution in [0.2, 0.25) is 0 Å². The molecule has 2 rings (SSSR count). The summed E-state index contributed by atoms with van der Waals surface area (Å²) in [5.41, 5.74) is 5.75. The van der Waals surface area contributed by atoms with E-state index in [9.17, 15) is 14.7 Å². The summed E-state index contributed by atoms with van der Waals surface area (Å²) in [6, 6.07) is 13.9. The van der Waals surface area contributed by atoms with E-state index in [0.717, 1.165) is 29.7 Å². The zero-order chi connectivity index (χ0) is 34.1. The average Bonchev–Trinajstić information content (AvgIpc) is 3.05. The number of aryl methyl sites for hydroxylation is 2. The largest absolute Gasteiger partial charge is 0.497 e. The van der Waals surface area contributed by atoms with Gasteiger partial charge in [-0.3, -0.25) is 9.59 Å². The number of rotatable bonds is 22. The Bertz CT molecular complexity index is 1250. The average molecular weight is 637 g/mol. The second-order valence-corrected chi connectivity index (χ2v) is 12.5. The first-order chi connectivity index (χ1) is 22.0. The van der Waals surface area contributed by atoms with Crippen molar-refractivity contribution in [3.8, 4) is 5.75 Å². The van der Waals surface area contributed by atoms with E-state index in [0.29, 0.717) is 26.1 Å². The Morgan fingerprint density at radius 2 is 1.59 bits per heavy atom. The number of methoxy groups -OCH3 is 1. The number of carbonyl (C=O) groups is 2. The molecule has 0 spiro atoms. The number of aliphatic hydroxyl groups is 1. The fourth-order valence-electron chi connectivity index (χ4n) is 5.33. The number of ether oxygens (including phenoxy) is 4. The van der Waals surface area contributed by atoms with Gasteiger partial charge in [-0.1, -0.05) is 61.6 Å². The fraction of sp³-hybridized carbons (Fsp3) is 0.538. The monoisotopic (exact) mass is 636 g/mol. The van der Waals surface area contributed by atoms with Crippen LogP contribution < -0.4 is 4.74 Å². The number of carbonyl (C=O) groups excluding carboxylic acids is 2. The van der Waals surface area contributed by atoms with Crippen molar-refractivity contribution in [3.63, 3.8) is 0 Å². The van der Waals surface area contributed by atoms with Gasteiger partial charge in [-0.2, -0.15) is 0 Å². The number of ketones is 1. The minimum absolute atomic E-state index is 0.0166. The number of hydrogen-bond acceptors (Lipinski definition) is 7. The van der Waals surface area contributed by atoms with Gasteiger partial charge in [0.15, 0.2) is 0 Å². The topological polar surface area (TPSA) is 91.3 Å². The van der Waals surface area contributed by atoms with Crippen molar-refractivity contribution in [3.05, 3.63) is 89.0 Å². The van der Waals surface area contributed by atoms with E-state index in [1.54, 1.807) is 14.0 Å². The molecule has 0 aliphatic rings. The lowest BCUT2D eigenvalue weighted by Crippen LogP contribution is -2.35. The van der Waals surface area contributed by atoms with Crippen LogP contribution in [0.3, 0.4) is 0 Å². The molecule has 7 heteroatoms. The normalized spacial score (nSPS) is 15.0. The van der Waals surface area contributed by atoms with Crippen LogP contribution >= 0.6 is 0 Å². The van der Waals surface area contributed by atoms with Gasteiger partial charge < -0.3 is 24.1 Å². The predicted molar refractivity (Wildman–Crippen MR) is 184 cm³/mol. The molecular formula is C39H56O7. The van der Waals surface area contributed by atoms with Crippen LogP contribution in [0.1, 0.15) is 88.5 Å². The molecule has 0 unspecified atom stereocenters. The maximum absolute atomic E-state index is 13.1. The lowest BCUT2D eigenvalue weighted by Gasteiger charge is -2.29. The molecule has 0 aliphatic heterocycles. The Morgan fingerprint density at radius 3 is 2.22 bits per heavy atom.